The lowest BCUT2D eigenvalue weighted by atomic mass is 10.1. The van der Waals surface area contributed by atoms with Crippen LogP contribution in [0, 0.1) is 24.0 Å². The predicted molar refractivity (Wildman–Crippen MR) is 139 cm³/mol. The molecule has 10 heteroatoms. The minimum atomic E-state index is -0.421. The molecular formula is C24H25N5O3S2. The second-order valence-electron chi connectivity index (χ2n) is 8.53. The van der Waals surface area contributed by atoms with E-state index in [9.17, 15) is 14.9 Å². The molecule has 0 spiro atoms. The molecule has 3 heterocycles. The van der Waals surface area contributed by atoms with Crippen LogP contribution in [0.25, 0.3) is 20.3 Å². The summed E-state index contributed by atoms with van der Waals surface area (Å²) in [6.07, 6.45) is 0. The van der Waals surface area contributed by atoms with Crippen molar-refractivity contribution in [1.29, 1.82) is 0 Å². The van der Waals surface area contributed by atoms with E-state index in [2.05, 4.69) is 41.1 Å². The van der Waals surface area contributed by atoms with Gasteiger partial charge in [-0.3, -0.25) is 19.8 Å². The lowest BCUT2D eigenvalue weighted by Crippen LogP contribution is -2.48. The molecule has 0 aliphatic carbocycles. The second-order valence-corrected chi connectivity index (χ2v) is 10.6. The number of non-ortho nitro benzene ring substituents is 1. The number of thiophene rings is 1. The molecular weight excluding hydrogens is 470 g/mol. The van der Waals surface area contributed by atoms with Crippen molar-refractivity contribution >= 4 is 59.7 Å². The van der Waals surface area contributed by atoms with E-state index in [1.54, 1.807) is 23.5 Å². The topological polar surface area (TPSA) is 91.6 Å². The fourth-order valence-electron chi connectivity index (χ4n) is 4.18. The quantitative estimate of drug-likeness (QED) is 0.311. The van der Waals surface area contributed by atoms with Crippen LogP contribution in [-0.2, 0) is 0 Å². The number of nitro groups is 1. The number of hydrogen-bond donors (Lipinski definition) is 1. The van der Waals surface area contributed by atoms with Crippen molar-refractivity contribution < 1.29 is 9.72 Å². The molecule has 0 unspecified atom stereocenters. The number of fused-ring (bicyclic) bond motifs is 2. The number of benzene rings is 2. The van der Waals surface area contributed by atoms with Gasteiger partial charge in [0.2, 0.25) is 0 Å². The molecule has 1 N–H and O–H groups in total. The number of nitro benzene ring substituents is 1. The minimum Gasteiger partial charge on any atom is -0.350 e. The van der Waals surface area contributed by atoms with Gasteiger partial charge in [-0.15, -0.1) is 11.3 Å². The predicted octanol–water partition coefficient (Wildman–Crippen LogP) is 4.59. The Hall–Kier alpha value is -3.08. The number of carbonyl (C=O) groups excluding carboxylic acids is 1. The van der Waals surface area contributed by atoms with Crippen molar-refractivity contribution in [2.24, 2.45) is 0 Å². The number of aryl methyl sites for hydroxylation is 2. The molecule has 34 heavy (non-hydrogen) atoms. The largest absolute Gasteiger partial charge is 0.350 e. The van der Waals surface area contributed by atoms with Gasteiger partial charge in [0.05, 0.1) is 20.0 Å². The molecule has 1 aliphatic heterocycles. The van der Waals surface area contributed by atoms with Gasteiger partial charge in [-0.1, -0.05) is 17.4 Å². The first-order valence-corrected chi connectivity index (χ1v) is 12.8. The Morgan fingerprint density at radius 3 is 2.62 bits per heavy atom. The van der Waals surface area contributed by atoms with Gasteiger partial charge in [0.1, 0.15) is 0 Å². The molecule has 0 atom stereocenters. The molecule has 0 bridgehead atoms. The van der Waals surface area contributed by atoms with Crippen molar-refractivity contribution in [3.63, 3.8) is 0 Å². The molecule has 0 saturated carbocycles. The smallest absolute Gasteiger partial charge is 0.270 e. The number of aromatic nitrogens is 1. The van der Waals surface area contributed by atoms with Crippen LogP contribution in [0.3, 0.4) is 0 Å². The molecule has 1 fully saturated rings. The highest BCUT2D eigenvalue weighted by Gasteiger charge is 2.21. The van der Waals surface area contributed by atoms with Gasteiger partial charge in [0, 0.05) is 61.5 Å². The van der Waals surface area contributed by atoms with Gasteiger partial charge in [0.25, 0.3) is 11.6 Å². The van der Waals surface area contributed by atoms with Gasteiger partial charge in [-0.05, 0) is 43.2 Å². The lowest BCUT2D eigenvalue weighted by Gasteiger charge is -2.34. The Labute approximate surface area is 205 Å². The highest BCUT2D eigenvalue weighted by Crippen LogP contribution is 2.32. The van der Waals surface area contributed by atoms with Crippen LogP contribution in [0.2, 0.25) is 0 Å². The Bertz CT molecular complexity index is 1390. The average Bonchev–Trinajstić information content (AvgIpc) is 3.46. The summed E-state index contributed by atoms with van der Waals surface area (Å²) in [5, 5.41) is 15.8. The third-order valence-electron chi connectivity index (χ3n) is 6.36. The maximum absolute atomic E-state index is 12.6. The number of piperazine rings is 1. The van der Waals surface area contributed by atoms with Gasteiger partial charge in [-0.25, -0.2) is 4.98 Å². The van der Waals surface area contributed by atoms with Crippen LogP contribution < -0.4 is 10.2 Å². The van der Waals surface area contributed by atoms with Crippen molar-refractivity contribution in [2.75, 3.05) is 44.2 Å². The summed E-state index contributed by atoms with van der Waals surface area (Å²) in [6.45, 7) is 9.30. The van der Waals surface area contributed by atoms with Crippen LogP contribution in [0.15, 0.2) is 36.4 Å². The zero-order valence-corrected chi connectivity index (χ0v) is 20.7. The van der Waals surface area contributed by atoms with Crippen molar-refractivity contribution in [3.05, 3.63) is 62.5 Å². The van der Waals surface area contributed by atoms with Crippen LogP contribution in [0.1, 0.15) is 20.8 Å². The molecule has 5 rings (SSSR count). The van der Waals surface area contributed by atoms with Crippen LogP contribution in [0.4, 0.5) is 10.8 Å². The van der Waals surface area contributed by atoms with Crippen LogP contribution >= 0.6 is 22.7 Å². The zero-order chi connectivity index (χ0) is 23.8. The number of hydrogen-bond acceptors (Lipinski definition) is 8. The number of anilines is 1. The van der Waals surface area contributed by atoms with Crippen LogP contribution in [-0.4, -0.2) is 60.0 Å². The average molecular weight is 496 g/mol. The molecule has 8 nitrogen and oxygen atoms in total. The summed E-state index contributed by atoms with van der Waals surface area (Å²) in [7, 11) is 0. The van der Waals surface area contributed by atoms with Gasteiger partial charge >= 0.3 is 0 Å². The monoisotopic (exact) mass is 495 g/mol. The third kappa shape index (κ3) is 4.48. The second kappa shape index (κ2) is 9.28. The van der Waals surface area contributed by atoms with Gasteiger partial charge < -0.3 is 10.2 Å². The Morgan fingerprint density at radius 2 is 1.85 bits per heavy atom. The molecule has 1 aliphatic rings. The first-order valence-electron chi connectivity index (χ1n) is 11.2. The standard InChI is InChI=1S/C24H25N5O3S2/c1-15-3-5-20-22(16(15)2)26-24(34-20)28-11-9-27(10-12-28)8-7-25-23(30)21-14-17-13-18(29(31)32)4-6-19(17)33-21/h3-6,13-14H,7-12H2,1-2H3,(H,25,30). The van der Waals surface area contributed by atoms with Crippen LogP contribution in [0.5, 0.6) is 0 Å². The van der Waals surface area contributed by atoms with Crippen molar-refractivity contribution in [1.82, 2.24) is 15.2 Å². The molecule has 2 aromatic carbocycles. The number of thiazole rings is 1. The fraction of sp³-hybridized carbons (Fsp3) is 0.333. The van der Waals surface area contributed by atoms with E-state index in [4.69, 9.17) is 4.98 Å². The maximum Gasteiger partial charge on any atom is 0.270 e. The van der Waals surface area contributed by atoms with Gasteiger partial charge in [0.15, 0.2) is 5.13 Å². The van der Waals surface area contributed by atoms with E-state index in [0.29, 0.717) is 11.4 Å². The highest BCUT2D eigenvalue weighted by atomic mass is 32.1. The van der Waals surface area contributed by atoms with E-state index in [1.807, 2.05) is 0 Å². The first kappa shape index (κ1) is 22.7. The Balaban J connectivity index is 1.13. The van der Waals surface area contributed by atoms with E-state index in [1.165, 1.54) is 39.3 Å². The molecule has 1 amide bonds. The SMILES string of the molecule is Cc1ccc2sc(N3CCN(CCNC(=O)c4cc5cc([N+](=O)[O-])ccc5s4)CC3)nc2c1C. The van der Waals surface area contributed by atoms with E-state index in [-0.39, 0.29) is 11.6 Å². The van der Waals surface area contributed by atoms with Crippen molar-refractivity contribution in [3.8, 4) is 0 Å². The normalized spacial score (nSPS) is 14.7. The first-order chi connectivity index (χ1) is 16.4. The highest BCUT2D eigenvalue weighted by molar-refractivity contribution is 7.22. The van der Waals surface area contributed by atoms with E-state index < -0.39 is 4.92 Å². The Morgan fingerprint density at radius 1 is 1.09 bits per heavy atom. The number of nitrogens with one attached hydrogen (secondary N) is 1. The van der Waals surface area contributed by atoms with Crippen molar-refractivity contribution in [2.45, 2.75) is 13.8 Å². The van der Waals surface area contributed by atoms with E-state index >= 15 is 0 Å². The van der Waals surface area contributed by atoms with E-state index in [0.717, 1.165) is 53.5 Å². The fourth-order valence-corrected chi connectivity index (χ4v) is 6.22. The maximum atomic E-state index is 12.6. The summed E-state index contributed by atoms with van der Waals surface area (Å²) in [5.74, 6) is -0.136. The summed E-state index contributed by atoms with van der Waals surface area (Å²) >= 11 is 3.11. The van der Waals surface area contributed by atoms with Gasteiger partial charge in [-0.2, -0.15) is 0 Å². The molecule has 0 radical (unpaired) electrons. The number of amides is 1. The number of rotatable bonds is 6. The third-order valence-corrected chi connectivity index (χ3v) is 8.56. The molecule has 2 aromatic heterocycles. The summed E-state index contributed by atoms with van der Waals surface area (Å²) in [5.41, 5.74) is 3.67. The summed E-state index contributed by atoms with van der Waals surface area (Å²) < 4.78 is 2.10. The molecule has 176 valence electrons. The lowest BCUT2D eigenvalue weighted by molar-refractivity contribution is -0.384. The number of carbonyl (C=O) groups is 1. The minimum absolute atomic E-state index is 0.0347. The summed E-state index contributed by atoms with van der Waals surface area (Å²) in [6, 6.07) is 10.7. The molecule has 1 saturated heterocycles. The zero-order valence-electron chi connectivity index (χ0n) is 19.0. The number of nitrogens with zero attached hydrogens (tertiary/aromatic N) is 4. The Kier molecular flexibility index (Phi) is 6.20. The summed E-state index contributed by atoms with van der Waals surface area (Å²) in [4.78, 5) is 33.3. The molecule has 4 aromatic rings.